The van der Waals surface area contributed by atoms with Crippen LogP contribution in [0.1, 0.15) is 23.7 Å². The summed E-state index contributed by atoms with van der Waals surface area (Å²) in [6, 6.07) is 14.3. The summed E-state index contributed by atoms with van der Waals surface area (Å²) in [4.78, 5) is 9.00. The first kappa shape index (κ1) is 16.8. The Balaban J connectivity index is 1.57. The van der Waals surface area contributed by atoms with Gasteiger partial charge in [0.25, 0.3) is 0 Å². The summed E-state index contributed by atoms with van der Waals surface area (Å²) in [6.45, 7) is 4.96. The lowest BCUT2D eigenvalue weighted by Gasteiger charge is -2.10. The van der Waals surface area contributed by atoms with Gasteiger partial charge in [-0.1, -0.05) is 30.3 Å². The van der Waals surface area contributed by atoms with Crippen molar-refractivity contribution in [3.63, 3.8) is 0 Å². The van der Waals surface area contributed by atoms with Gasteiger partial charge in [-0.2, -0.15) is 0 Å². The topological polar surface area (TPSA) is 47.0 Å². The van der Waals surface area contributed by atoms with E-state index >= 15 is 0 Å². The van der Waals surface area contributed by atoms with Gasteiger partial charge in [0.15, 0.2) is 0 Å². The van der Waals surface area contributed by atoms with E-state index in [1.54, 1.807) is 17.5 Å². The van der Waals surface area contributed by atoms with Crippen molar-refractivity contribution in [2.45, 2.75) is 26.6 Å². The van der Waals surface area contributed by atoms with Crippen molar-refractivity contribution in [2.75, 3.05) is 6.61 Å². The number of nitrogens with one attached hydrogen (secondary N) is 1. The van der Waals surface area contributed by atoms with E-state index in [4.69, 9.17) is 4.74 Å². The number of hydrogen-bond acceptors (Lipinski definition) is 5. The van der Waals surface area contributed by atoms with E-state index in [1.165, 1.54) is 11.1 Å². The van der Waals surface area contributed by atoms with E-state index in [1.807, 2.05) is 25.1 Å². The molecule has 4 nitrogen and oxygen atoms in total. The molecule has 0 bridgehead atoms. The number of aromatic nitrogens is 2. The Morgan fingerprint density at radius 1 is 1.04 bits per heavy atom. The minimum atomic E-state index is 0.662. The zero-order valence-electron chi connectivity index (χ0n) is 13.7. The molecule has 0 aliphatic carbocycles. The summed E-state index contributed by atoms with van der Waals surface area (Å²) in [6.07, 6.45) is 1.80. The van der Waals surface area contributed by atoms with Gasteiger partial charge in [-0.3, -0.25) is 4.98 Å². The average Bonchev–Trinajstić information content (AvgIpc) is 3.10. The fraction of sp³-hybridized carbons (Fsp3) is 0.263. The highest BCUT2D eigenvalue weighted by Gasteiger charge is 2.06. The molecule has 2 heterocycles. The van der Waals surface area contributed by atoms with Crippen molar-refractivity contribution in [1.29, 1.82) is 0 Å². The summed E-state index contributed by atoms with van der Waals surface area (Å²) < 4.78 is 5.53. The average molecular weight is 339 g/mol. The molecule has 0 spiro atoms. The number of thiazole rings is 1. The molecule has 0 fully saturated rings. The minimum absolute atomic E-state index is 0.662. The molecule has 0 unspecified atom stereocenters. The lowest BCUT2D eigenvalue weighted by molar-refractivity contribution is 0.133. The van der Waals surface area contributed by atoms with Gasteiger partial charge in [-0.05, 0) is 30.2 Å². The van der Waals surface area contributed by atoms with Gasteiger partial charge in [-0.15, -0.1) is 11.3 Å². The van der Waals surface area contributed by atoms with Crippen molar-refractivity contribution in [1.82, 2.24) is 15.3 Å². The molecule has 0 amide bonds. The molecule has 24 heavy (non-hydrogen) atoms. The second-order valence-corrected chi connectivity index (χ2v) is 6.23. The van der Waals surface area contributed by atoms with Crippen LogP contribution in [-0.4, -0.2) is 16.6 Å². The second kappa shape index (κ2) is 8.68. The van der Waals surface area contributed by atoms with Crippen molar-refractivity contribution in [3.8, 4) is 10.7 Å². The number of nitrogens with zero attached hydrogens (tertiary/aromatic N) is 2. The molecule has 1 N–H and O–H groups in total. The Hall–Kier alpha value is -2.08. The maximum absolute atomic E-state index is 5.53. The third kappa shape index (κ3) is 4.47. The molecule has 3 aromatic rings. The normalized spacial score (nSPS) is 10.9. The van der Waals surface area contributed by atoms with Crippen LogP contribution in [0, 0.1) is 0 Å². The Morgan fingerprint density at radius 3 is 2.67 bits per heavy atom. The van der Waals surface area contributed by atoms with Gasteiger partial charge in [0.2, 0.25) is 0 Å². The number of hydrogen-bond donors (Lipinski definition) is 1. The first-order valence-electron chi connectivity index (χ1n) is 8.08. The number of ether oxygens (including phenoxy) is 1. The molecule has 0 aliphatic heterocycles. The van der Waals surface area contributed by atoms with Gasteiger partial charge < -0.3 is 10.1 Å². The zero-order valence-corrected chi connectivity index (χ0v) is 14.6. The predicted octanol–water partition coefficient (Wildman–Crippen LogP) is 4.03. The van der Waals surface area contributed by atoms with Gasteiger partial charge >= 0.3 is 0 Å². The van der Waals surface area contributed by atoms with Crippen LogP contribution in [0.15, 0.2) is 54.0 Å². The van der Waals surface area contributed by atoms with Crippen molar-refractivity contribution >= 4 is 11.3 Å². The smallest absolute Gasteiger partial charge is 0.142 e. The molecule has 0 atom stereocenters. The molecule has 5 heteroatoms. The Kier molecular flexibility index (Phi) is 6.07. The van der Waals surface area contributed by atoms with E-state index in [2.05, 4.69) is 44.9 Å². The molecule has 3 rings (SSSR count). The summed E-state index contributed by atoms with van der Waals surface area (Å²) in [5, 5.41) is 6.52. The molecule has 1 aromatic carbocycles. The summed E-state index contributed by atoms with van der Waals surface area (Å²) in [7, 11) is 0. The molecule has 0 aliphatic rings. The highest BCUT2D eigenvalue weighted by Crippen LogP contribution is 2.21. The van der Waals surface area contributed by atoms with E-state index in [0.29, 0.717) is 6.61 Å². The van der Waals surface area contributed by atoms with Crippen molar-refractivity contribution in [2.24, 2.45) is 0 Å². The van der Waals surface area contributed by atoms with Gasteiger partial charge in [0.05, 0.1) is 18.0 Å². The van der Waals surface area contributed by atoms with Crippen LogP contribution in [0.4, 0.5) is 0 Å². The molecular formula is C19H21N3OS. The quantitative estimate of drug-likeness (QED) is 0.673. The van der Waals surface area contributed by atoms with Gasteiger partial charge in [0, 0.05) is 31.3 Å². The van der Waals surface area contributed by atoms with Crippen LogP contribution in [0.5, 0.6) is 0 Å². The first-order valence-corrected chi connectivity index (χ1v) is 8.96. The van der Waals surface area contributed by atoms with Crippen LogP contribution < -0.4 is 5.32 Å². The monoisotopic (exact) mass is 339 g/mol. The SMILES string of the molecule is CCOCc1ccccc1CNCc1csc(-c2ccccn2)n1. The summed E-state index contributed by atoms with van der Waals surface area (Å²) in [5.41, 5.74) is 4.48. The lowest BCUT2D eigenvalue weighted by Crippen LogP contribution is -2.14. The van der Waals surface area contributed by atoms with Gasteiger partial charge in [-0.25, -0.2) is 4.98 Å². The van der Waals surface area contributed by atoms with E-state index in [-0.39, 0.29) is 0 Å². The molecule has 0 saturated carbocycles. The third-order valence-corrected chi connectivity index (χ3v) is 4.55. The lowest BCUT2D eigenvalue weighted by atomic mass is 10.1. The third-order valence-electron chi connectivity index (χ3n) is 3.64. The Bertz CT molecular complexity index is 758. The highest BCUT2D eigenvalue weighted by atomic mass is 32.1. The molecule has 2 aromatic heterocycles. The number of benzene rings is 1. The predicted molar refractivity (Wildman–Crippen MR) is 97.7 cm³/mol. The van der Waals surface area contributed by atoms with Crippen LogP contribution in [0.2, 0.25) is 0 Å². The molecular weight excluding hydrogens is 318 g/mol. The minimum Gasteiger partial charge on any atom is -0.377 e. The molecule has 124 valence electrons. The number of rotatable bonds is 8. The van der Waals surface area contributed by atoms with Crippen LogP contribution >= 0.6 is 11.3 Å². The molecule has 0 radical (unpaired) electrons. The Morgan fingerprint density at radius 2 is 1.88 bits per heavy atom. The van der Waals surface area contributed by atoms with Crippen LogP contribution in [-0.2, 0) is 24.4 Å². The summed E-state index contributed by atoms with van der Waals surface area (Å²) >= 11 is 1.63. The largest absolute Gasteiger partial charge is 0.377 e. The van der Waals surface area contributed by atoms with Crippen LogP contribution in [0.25, 0.3) is 10.7 Å². The van der Waals surface area contributed by atoms with Crippen LogP contribution in [0.3, 0.4) is 0 Å². The van der Waals surface area contributed by atoms with Crippen molar-refractivity contribution < 1.29 is 4.74 Å². The van der Waals surface area contributed by atoms with E-state index in [0.717, 1.165) is 36.1 Å². The fourth-order valence-corrected chi connectivity index (χ4v) is 3.20. The van der Waals surface area contributed by atoms with E-state index < -0.39 is 0 Å². The zero-order chi connectivity index (χ0) is 16.6. The maximum atomic E-state index is 5.53. The van der Waals surface area contributed by atoms with Crippen molar-refractivity contribution in [3.05, 3.63) is 70.9 Å². The first-order chi connectivity index (χ1) is 11.9. The second-order valence-electron chi connectivity index (χ2n) is 5.37. The highest BCUT2D eigenvalue weighted by molar-refractivity contribution is 7.13. The number of pyridine rings is 1. The van der Waals surface area contributed by atoms with Gasteiger partial charge in [0.1, 0.15) is 5.01 Å². The Labute approximate surface area is 146 Å². The standard InChI is InChI=1S/C19H21N3OS/c1-2-23-13-16-8-4-3-7-15(16)11-20-12-17-14-24-19(22-17)18-9-5-6-10-21-18/h3-10,14,20H,2,11-13H2,1H3. The van der Waals surface area contributed by atoms with E-state index in [9.17, 15) is 0 Å². The maximum Gasteiger partial charge on any atom is 0.142 e. The summed E-state index contributed by atoms with van der Waals surface area (Å²) in [5.74, 6) is 0. The molecule has 0 saturated heterocycles. The fourth-order valence-electron chi connectivity index (χ4n) is 2.40.